The van der Waals surface area contributed by atoms with Crippen LogP contribution in [0.2, 0.25) is 0 Å². The van der Waals surface area contributed by atoms with Crippen LogP contribution in [0.1, 0.15) is 44.9 Å². The van der Waals surface area contributed by atoms with Gasteiger partial charge in [0.05, 0.1) is 0 Å². The summed E-state index contributed by atoms with van der Waals surface area (Å²) in [6.45, 7) is 0.969. The molecule has 3 aliphatic rings. The summed E-state index contributed by atoms with van der Waals surface area (Å²) in [6, 6.07) is 0.794. The fourth-order valence-corrected chi connectivity index (χ4v) is 5.29. The highest BCUT2D eigenvalue weighted by molar-refractivity contribution is 8.00. The van der Waals surface area contributed by atoms with Crippen LogP contribution in [0.5, 0.6) is 0 Å². The number of rotatable bonds is 1. The Labute approximate surface area is 114 Å². The molecule has 0 spiro atoms. The average molecular weight is 268 g/mol. The molecule has 102 valence electrons. The summed E-state index contributed by atoms with van der Waals surface area (Å²) in [5.41, 5.74) is 5.95. The van der Waals surface area contributed by atoms with Gasteiger partial charge in [-0.1, -0.05) is 12.8 Å². The monoisotopic (exact) mass is 268 g/mol. The Morgan fingerprint density at radius 1 is 1.17 bits per heavy atom. The first-order valence-corrected chi connectivity index (χ1v) is 8.48. The maximum absolute atomic E-state index is 12.7. The topological polar surface area (TPSA) is 46.3 Å². The van der Waals surface area contributed by atoms with E-state index in [0.717, 1.165) is 31.6 Å². The first kappa shape index (κ1) is 12.8. The molecule has 4 atom stereocenters. The van der Waals surface area contributed by atoms with Crippen LogP contribution in [0.25, 0.3) is 0 Å². The van der Waals surface area contributed by atoms with Crippen molar-refractivity contribution in [1.29, 1.82) is 0 Å². The second-order valence-electron chi connectivity index (χ2n) is 6.06. The summed E-state index contributed by atoms with van der Waals surface area (Å²) < 4.78 is 0. The molecule has 3 fully saturated rings. The van der Waals surface area contributed by atoms with Gasteiger partial charge in [0, 0.05) is 35.5 Å². The molecule has 2 N–H and O–H groups in total. The molecule has 1 aliphatic heterocycles. The molecular formula is C14H24N2OS. The molecule has 1 heterocycles. The van der Waals surface area contributed by atoms with Crippen LogP contribution in [0.3, 0.4) is 0 Å². The number of carbonyl (C=O) groups is 1. The molecule has 4 unspecified atom stereocenters. The number of amides is 1. The summed E-state index contributed by atoms with van der Waals surface area (Å²) in [4.78, 5) is 14.9. The van der Waals surface area contributed by atoms with Gasteiger partial charge in [-0.2, -0.15) is 11.8 Å². The highest BCUT2D eigenvalue weighted by Gasteiger charge is 2.39. The zero-order chi connectivity index (χ0) is 12.5. The van der Waals surface area contributed by atoms with E-state index >= 15 is 0 Å². The molecule has 0 radical (unpaired) electrons. The molecular weight excluding hydrogens is 244 g/mol. The van der Waals surface area contributed by atoms with Gasteiger partial charge >= 0.3 is 0 Å². The summed E-state index contributed by atoms with van der Waals surface area (Å²) in [6.07, 6.45) is 8.15. The van der Waals surface area contributed by atoms with Crippen molar-refractivity contribution in [2.24, 2.45) is 11.7 Å². The number of thioether (sulfide) groups is 1. The molecule has 0 bridgehead atoms. The summed E-state index contributed by atoms with van der Waals surface area (Å²) >= 11 is 2.09. The lowest BCUT2D eigenvalue weighted by molar-refractivity contribution is -0.138. The van der Waals surface area contributed by atoms with Gasteiger partial charge in [0.15, 0.2) is 0 Å². The number of fused-ring (bicyclic) bond motifs is 1. The highest BCUT2D eigenvalue weighted by Crippen LogP contribution is 2.37. The number of hydrogen-bond donors (Lipinski definition) is 1. The number of nitrogens with two attached hydrogens (primary N) is 1. The van der Waals surface area contributed by atoms with Crippen LogP contribution >= 0.6 is 11.8 Å². The van der Waals surface area contributed by atoms with Crippen molar-refractivity contribution >= 4 is 17.7 Å². The molecule has 0 aromatic rings. The van der Waals surface area contributed by atoms with Crippen molar-refractivity contribution in [1.82, 2.24) is 4.90 Å². The van der Waals surface area contributed by atoms with Crippen LogP contribution in [0.15, 0.2) is 0 Å². The van der Waals surface area contributed by atoms with Crippen LogP contribution in [-0.4, -0.2) is 40.4 Å². The van der Waals surface area contributed by atoms with Crippen LogP contribution in [-0.2, 0) is 4.79 Å². The van der Waals surface area contributed by atoms with Crippen LogP contribution in [0.4, 0.5) is 0 Å². The Hall–Kier alpha value is -0.220. The molecule has 2 saturated carbocycles. The SMILES string of the molecule is NC1CCC(C(=O)N2CCSC3CCCCC32)C1. The van der Waals surface area contributed by atoms with E-state index in [1.807, 2.05) is 0 Å². The van der Waals surface area contributed by atoms with E-state index in [1.54, 1.807) is 0 Å². The van der Waals surface area contributed by atoms with E-state index < -0.39 is 0 Å². The van der Waals surface area contributed by atoms with Gasteiger partial charge < -0.3 is 10.6 Å². The van der Waals surface area contributed by atoms with Gasteiger partial charge in [-0.3, -0.25) is 4.79 Å². The van der Waals surface area contributed by atoms with E-state index in [-0.39, 0.29) is 12.0 Å². The Bertz CT molecular complexity index is 321. The van der Waals surface area contributed by atoms with Gasteiger partial charge in [-0.15, -0.1) is 0 Å². The molecule has 3 nitrogen and oxygen atoms in total. The van der Waals surface area contributed by atoms with Gasteiger partial charge in [0.2, 0.25) is 5.91 Å². The predicted molar refractivity (Wildman–Crippen MR) is 75.5 cm³/mol. The third-order valence-electron chi connectivity index (χ3n) is 4.84. The van der Waals surface area contributed by atoms with Crippen molar-refractivity contribution in [3.8, 4) is 0 Å². The third kappa shape index (κ3) is 2.42. The minimum absolute atomic E-state index is 0.227. The molecule has 1 saturated heterocycles. The second kappa shape index (κ2) is 5.41. The molecule has 4 heteroatoms. The van der Waals surface area contributed by atoms with Crippen molar-refractivity contribution < 1.29 is 4.79 Å². The molecule has 3 rings (SSSR count). The first-order chi connectivity index (χ1) is 8.75. The van der Waals surface area contributed by atoms with Crippen molar-refractivity contribution in [2.75, 3.05) is 12.3 Å². The zero-order valence-corrected chi connectivity index (χ0v) is 11.8. The van der Waals surface area contributed by atoms with Gasteiger partial charge in [-0.25, -0.2) is 0 Å². The molecule has 2 aliphatic carbocycles. The van der Waals surface area contributed by atoms with E-state index in [4.69, 9.17) is 5.73 Å². The van der Waals surface area contributed by atoms with Crippen LogP contribution < -0.4 is 5.73 Å². The smallest absolute Gasteiger partial charge is 0.226 e. The van der Waals surface area contributed by atoms with Crippen molar-refractivity contribution in [3.05, 3.63) is 0 Å². The van der Waals surface area contributed by atoms with Gasteiger partial charge in [0.25, 0.3) is 0 Å². The quantitative estimate of drug-likeness (QED) is 0.791. The fraction of sp³-hybridized carbons (Fsp3) is 0.929. The minimum atomic E-state index is 0.227. The first-order valence-electron chi connectivity index (χ1n) is 7.43. The maximum Gasteiger partial charge on any atom is 0.226 e. The average Bonchev–Trinajstić information content (AvgIpc) is 2.84. The fourth-order valence-electron chi connectivity index (χ4n) is 3.85. The van der Waals surface area contributed by atoms with E-state index in [9.17, 15) is 4.79 Å². The second-order valence-corrected chi connectivity index (χ2v) is 7.41. The lowest BCUT2D eigenvalue weighted by Gasteiger charge is -2.44. The number of hydrogen-bond acceptors (Lipinski definition) is 3. The molecule has 1 amide bonds. The lowest BCUT2D eigenvalue weighted by Crippen LogP contribution is -2.53. The largest absolute Gasteiger partial charge is 0.338 e. The summed E-state index contributed by atoms with van der Waals surface area (Å²) in [5.74, 6) is 1.77. The van der Waals surface area contributed by atoms with E-state index in [1.165, 1.54) is 25.7 Å². The Kier molecular flexibility index (Phi) is 3.85. The minimum Gasteiger partial charge on any atom is -0.338 e. The predicted octanol–water partition coefficient (Wildman–Crippen LogP) is 2.00. The third-order valence-corrected chi connectivity index (χ3v) is 6.23. The zero-order valence-electron chi connectivity index (χ0n) is 11.0. The van der Waals surface area contributed by atoms with Gasteiger partial charge in [-0.05, 0) is 32.1 Å². The lowest BCUT2D eigenvalue weighted by atomic mass is 9.92. The number of nitrogens with zero attached hydrogens (tertiary/aromatic N) is 1. The molecule has 0 aromatic heterocycles. The van der Waals surface area contributed by atoms with Gasteiger partial charge in [0.1, 0.15) is 0 Å². The summed E-state index contributed by atoms with van der Waals surface area (Å²) in [5, 5.41) is 0.714. The Morgan fingerprint density at radius 3 is 2.78 bits per heavy atom. The standard InChI is InChI=1S/C14H24N2OS/c15-11-6-5-10(9-11)14(17)16-7-8-18-13-4-2-1-3-12(13)16/h10-13H,1-9,15H2. The molecule has 0 aromatic carbocycles. The van der Waals surface area contributed by atoms with E-state index in [2.05, 4.69) is 16.7 Å². The normalized spacial score (nSPS) is 40.6. The van der Waals surface area contributed by atoms with Crippen molar-refractivity contribution in [2.45, 2.75) is 62.3 Å². The van der Waals surface area contributed by atoms with Crippen molar-refractivity contribution in [3.63, 3.8) is 0 Å². The van der Waals surface area contributed by atoms with Crippen LogP contribution in [0, 0.1) is 5.92 Å². The van der Waals surface area contributed by atoms with E-state index in [0.29, 0.717) is 17.2 Å². The Morgan fingerprint density at radius 2 is 2.00 bits per heavy atom. The molecule has 18 heavy (non-hydrogen) atoms. The number of carbonyl (C=O) groups excluding carboxylic acids is 1. The maximum atomic E-state index is 12.7. The Balaban J connectivity index is 1.68. The highest BCUT2D eigenvalue weighted by atomic mass is 32.2. The summed E-state index contributed by atoms with van der Waals surface area (Å²) in [7, 11) is 0.